The summed E-state index contributed by atoms with van der Waals surface area (Å²) in [6.45, 7) is 2.22. The summed E-state index contributed by atoms with van der Waals surface area (Å²) in [5.74, 6) is 0.825. The first kappa shape index (κ1) is 19.0. The quantitative estimate of drug-likeness (QED) is 0.461. The molecule has 2 aliphatic rings. The van der Waals surface area contributed by atoms with Crippen LogP contribution in [0.4, 0.5) is 0 Å². The van der Waals surface area contributed by atoms with E-state index >= 15 is 0 Å². The van der Waals surface area contributed by atoms with E-state index in [0.29, 0.717) is 5.84 Å². The number of nitrogens with one attached hydrogen (secondary N) is 2. The third-order valence-electron chi connectivity index (χ3n) is 5.63. The second-order valence-electron chi connectivity index (χ2n) is 7.65. The Hall–Kier alpha value is -1.79. The minimum absolute atomic E-state index is 0.153. The molecule has 1 saturated carbocycles. The van der Waals surface area contributed by atoms with Crippen molar-refractivity contribution in [2.45, 2.75) is 63.0 Å². The summed E-state index contributed by atoms with van der Waals surface area (Å²) in [6.07, 6.45) is 9.84. The van der Waals surface area contributed by atoms with Crippen LogP contribution in [0.5, 0.6) is 0 Å². The standard InChI is InChI=1S/C20H31N5O/c21-12-18(20(22)25-16-2-4-17(26)5-3-16)19-6-1-15(13-24-19)11-14-7-9-23-10-8-14/h1,6,12-14,16-18,21,23,26H,2-5,7-11H2,(H2,22,25). The number of aliphatic imine (C=N–C) groups is 1. The highest BCUT2D eigenvalue weighted by Gasteiger charge is 2.22. The highest BCUT2D eigenvalue weighted by molar-refractivity contribution is 6.00. The first-order valence-corrected chi connectivity index (χ1v) is 9.83. The van der Waals surface area contributed by atoms with Crippen molar-refractivity contribution in [3.8, 4) is 0 Å². The van der Waals surface area contributed by atoms with E-state index in [9.17, 15) is 5.11 Å². The summed E-state index contributed by atoms with van der Waals surface area (Å²) in [7, 11) is 0. The van der Waals surface area contributed by atoms with Crippen LogP contribution >= 0.6 is 0 Å². The highest BCUT2D eigenvalue weighted by Crippen LogP contribution is 2.23. The minimum atomic E-state index is -0.366. The molecule has 6 nitrogen and oxygen atoms in total. The van der Waals surface area contributed by atoms with Crippen LogP contribution in [0.2, 0.25) is 0 Å². The van der Waals surface area contributed by atoms with E-state index in [0.717, 1.165) is 56.8 Å². The van der Waals surface area contributed by atoms with Crippen molar-refractivity contribution in [2.75, 3.05) is 13.1 Å². The average Bonchev–Trinajstić information content (AvgIpc) is 2.66. The first-order chi connectivity index (χ1) is 12.7. The van der Waals surface area contributed by atoms with Gasteiger partial charge in [0, 0.05) is 12.4 Å². The Balaban J connectivity index is 1.62. The lowest BCUT2D eigenvalue weighted by atomic mass is 9.91. The van der Waals surface area contributed by atoms with Crippen LogP contribution in [0.3, 0.4) is 0 Å². The van der Waals surface area contributed by atoms with Gasteiger partial charge in [0.15, 0.2) is 0 Å². The van der Waals surface area contributed by atoms with Gasteiger partial charge in [0.1, 0.15) is 5.84 Å². The maximum atomic E-state index is 9.61. The Bertz CT molecular complexity index is 601. The van der Waals surface area contributed by atoms with Gasteiger partial charge in [0.2, 0.25) is 0 Å². The Labute approximate surface area is 155 Å². The summed E-state index contributed by atoms with van der Waals surface area (Å²) in [5.41, 5.74) is 8.24. The molecule has 0 aromatic carbocycles. The van der Waals surface area contributed by atoms with Gasteiger partial charge in [0.05, 0.1) is 23.8 Å². The van der Waals surface area contributed by atoms with Gasteiger partial charge in [-0.2, -0.15) is 0 Å². The molecular weight excluding hydrogens is 326 g/mol. The molecule has 26 heavy (non-hydrogen) atoms. The van der Waals surface area contributed by atoms with E-state index in [1.165, 1.54) is 24.6 Å². The molecular formula is C20H31N5O. The molecule has 0 amide bonds. The number of hydrogen-bond donors (Lipinski definition) is 4. The maximum Gasteiger partial charge on any atom is 0.109 e. The monoisotopic (exact) mass is 357 g/mol. The Morgan fingerprint density at radius 1 is 1.27 bits per heavy atom. The number of piperidine rings is 1. The van der Waals surface area contributed by atoms with Crippen molar-refractivity contribution in [1.82, 2.24) is 10.3 Å². The van der Waals surface area contributed by atoms with Crippen molar-refractivity contribution in [3.05, 3.63) is 29.6 Å². The number of nitrogens with two attached hydrogens (primary N) is 1. The lowest BCUT2D eigenvalue weighted by Crippen LogP contribution is -2.29. The summed E-state index contributed by atoms with van der Waals surface area (Å²) < 4.78 is 0. The molecule has 0 bridgehead atoms. The largest absolute Gasteiger partial charge is 0.393 e. The maximum absolute atomic E-state index is 9.61. The second kappa shape index (κ2) is 9.24. The first-order valence-electron chi connectivity index (χ1n) is 9.83. The number of amidine groups is 1. The summed E-state index contributed by atoms with van der Waals surface area (Å²) in [4.78, 5) is 9.19. The van der Waals surface area contributed by atoms with Crippen molar-refractivity contribution in [2.24, 2.45) is 16.6 Å². The molecule has 0 radical (unpaired) electrons. The number of hydrogen-bond acceptors (Lipinski definition) is 5. The van der Waals surface area contributed by atoms with Crippen molar-refractivity contribution >= 4 is 12.1 Å². The number of nitrogens with zero attached hydrogens (tertiary/aromatic N) is 2. The number of pyridine rings is 1. The van der Waals surface area contributed by atoms with Crippen LogP contribution < -0.4 is 11.1 Å². The van der Waals surface area contributed by atoms with Crippen LogP contribution in [0.1, 0.15) is 55.7 Å². The lowest BCUT2D eigenvalue weighted by Gasteiger charge is -2.24. The van der Waals surface area contributed by atoms with Gasteiger partial charge in [-0.25, -0.2) is 0 Å². The Morgan fingerprint density at radius 3 is 2.62 bits per heavy atom. The minimum Gasteiger partial charge on any atom is -0.393 e. The summed E-state index contributed by atoms with van der Waals surface area (Å²) in [6, 6.07) is 4.25. The van der Waals surface area contributed by atoms with E-state index in [1.54, 1.807) is 0 Å². The third kappa shape index (κ3) is 5.11. The van der Waals surface area contributed by atoms with Gasteiger partial charge in [-0.05, 0) is 75.6 Å². The smallest absolute Gasteiger partial charge is 0.109 e. The van der Waals surface area contributed by atoms with Gasteiger partial charge in [-0.1, -0.05) is 6.07 Å². The molecule has 1 aliphatic heterocycles. The fourth-order valence-electron chi connectivity index (χ4n) is 3.96. The van der Waals surface area contributed by atoms with E-state index in [4.69, 9.17) is 11.1 Å². The lowest BCUT2D eigenvalue weighted by molar-refractivity contribution is 0.123. The zero-order valence-electron chi connectivity index (χ0n) is 15.4. The molecule has 3 rings (SSSR count). The highest BCUT2D eigenvalue weighted by atomic mass is 16.3. The van der Waals surface area contributed by atoms with Crippen LogP contribution in [-0.2, 0) is 6.42 Å². The zero-order chi connectivity index (χ0) is 18.4. The van der Waals surface area contributed by atoms with E-state index in [1.807, 2.05) is 12.3 Å². The predicted octanol–water partition coefficient (Wildman–Crippen LogP) is 2.02. The van der Waals surface area contributed by atoms with Gasteiger partial charge in [0.25, 0.3) is 0 Å². The van der Waals surface area contributed by atoms with Crippen molar-refractivity contribution < 1.29 is 5.11 Å². The molecule has 2 heterocycles. The predicted molar refractivity (Wildman–Crippen MR) is 105 cm³/mol. The van der Waals surface area contributed by atoms with Gasteiger partial charge >= 0.3 is 0 Å². The molecule has 1 aliphatic carbocycles. The average molecular weight is 358 g/mol. The molecule has 1 atom stereocenters. The third-order valence-corrected chi connectivity index (χ3v) is 5.63. The molecule has 1 aromatic rings. The van der Waals surface area contributed by atoms with Crippen molar-refractivity contribution in [1.29, 1.82) is 5.41 Å². The summed E-state index contributed by atoms with van der Waals surface area (Å²) in [5, 5.41) is 20.8. The molecule has 1 aromatic heterocycles. The number of aliphatic hydroxyl groups is 1. The number of aromatic nitrogens is 1. The summed E-state index contributed by atoms with van der Waals surface area (Å²) >= 11 is 0. The molecule has 2 fully saturated rings. The molecule has 6 heteroatoms. The molecule has 1 saturated heterocycles. The van der Waals surface area contributed by atoms with Crippen LogP contribution in [-0.4, -0.2) is 47.4 Å². The van der Waals surface area contributed by atoms with Gasteiger partial charge in [-0.3, -0.25) is 9.98 Å². The van der Waals surface area contributed by atoms with Crippen LogP contribution in [0.15, 0.2) is 23.3 Å². The van der Waals surface area contributed by atoms with Crippen LogP contribution in [0.25, 0.3) is 0 Å². The van der Waals surface area contributed by atoms with Gasteiger partial charge < -0.3 is 21.6 Å². The fraction of sp³-hybridized carbons (Fsp3) is 0.650. The van der Waals surface area contributed by atoms with E-state index in [-0.39, 0.29) is 18.1 Å². The Morgan fingerprint density at radius 2 is 2.00 bits per heavy atom. The Kier molecular flexibility index (Phi) is 6.74. The molecule has 1 unspecified atom stereocenters. The van der Waals surface area contributed by atoms with Crippen molar-refractivity contribution in [3.63, 3.8) is 0 Å². The van der Waals surface area contributed by atoms with Crippen LogP contribution in [0, 0.1) is 11.3 Å². The topological polar surface area (TPSA) is 107 Å². The normalized spacial score (nSPS) is 26.4. The number of aliphatic hydroxyl groups excluding tert-OH is 1. The fourth-order valence-corrected chi connectivity index (χ4v) is 3.96. The molecule has 5 N–H and O–H groups in total. The van der Waals surface area contributed by atoms with E-state index < -0.39 is 0 Å². The van der Waals surface area contributed by atoms with Gasteiger partial charge in [-0.15, -0.1) is 0 Å². The SMILES string of the molecule is N=CC(C(N)=NC1CCC(O)CC1)c1ccc(CC2CCNCC2)cn1. The zero-order valence-corrected chi connectivity index (χ0v) is 15.4. The molecule has 0 spiro atoms. The van der Waals surface area contributed by atoms with E-state index in [2.05, 4.69) is 21.4 Å². The molecule has 142 valence electrons. The second-order valence-corrected chi connectivity index (χ2v) is 7.65. The number of rotatable bonds is 6.